The van der Waals surface area contributed by atoms with E-state index >= 15 is 0 Å². The molecule has 0 saturated carbocycles. The Balaban J connectivity index is 1.86. The van der Waals surface area contributed by atoms with Gasteiger partial charge in [-0.2, -0.15) is 0 Å². The molecule has 2 aromatic carbocycles. The van der Waals surface area contributed by atoms with Crippen molar-refractivity contribution in [3.05, 3.63) is 89.8 Å². The average molecular weight is 458 g/mol. The van der Waals surface area contributed by atoms with Gasteiger partial charge in [0.2, 0.25) is 0 Å². The molecule has 34 heavy (non-hydrogen) atoms. The summed E-state index contributed by atoms with van der Waals surface area (Å²) in [6.07, 6.45) is 3.05. The molecule has 1 aliphatic rings. The van der Waals surface area contributed by atoms with E-state index in [0.29, 0.717) is 22.6 Å². The highest BCUT2D eigenvalue weighted by molar-refractivity contribution is 6.51. The lowest BCUT2D eigenvalue weighted by atomic mass is 9.95. The monoisotopic (exact) mass is 457 g/mol. The van der Waals surface area contributed by atoms with Crippen molar-refractivity contribution in [2.45, 2.75) is 19.9 Å². The highest BCUT2D eigenvalue weighted by Crippen LogP contribution is 2.42. The van der Waals surface area contributed by atoms with Gasteiger partial charge in [0.15, 0.2) is 0 Å². The number of carbonyl (C=O) groups is 2. The highest BCUT2D eigenvalue weighted by Gasteiger charge is 2.47. The van der Waals surface area contributed by atoms with Crippen LogP contribution in [0.2, 0.25) is 0 Å². The Bertz CT molecular complexity index is 1200. The number of rotatable bonds is 7. The summed E-state index contributed by atoms with van der Waals surface area (Å²) in [7, 11) is 1.57. The van der Waals surface area contributed by atoms with Crippen molar-refractivity contribution < 1.29 is 19.4 Å². The second kappa shape index (κ2) is 9.79. The van der Waals surface area contributed by atoms with Gasteiger partial charge in [-0.3, -0.25) is 19.5 Å². The van der Waals surface area contributed by atoms with Crippen molar-refractivity contribution in [1.82, 2.24) is 4.98 Å². The van der Waals surface area contributed by atoms with Crippen LogP contribution in [0.1, 0.15) is 31.0 Å². The highest BCUT2D eigenvalue weighted by atomic mass is 16.5. The van der Waals surface area contributed by atoms with Crippen LogP contribution in [0.15, 0.2) is 78.6 Å². The van der Waals surface area contributed by atoms with E-state index in [2.05, 4.69) is 23.7 Å². The fourth-order valence-electron chi connectivity index (χ4n) is 4.28. The summed E-state index contributed by atoms with van der Waals surface area (Å²) in [5.41, 5.74) is 2.75. The fourth-order valence-corrected chi connectivity index (χ4v) is 4.28. The lowest BCUT2D eigenvalue weighted by Gasteiger charge is -2.27. The van der Waals surface area contributed by atoms with E-state index in [-0.39, 0.29) is 11.3 Å². The van der Waals surface area contributed by atoms with E-state index in [1.807, 2.05) is 24.3 Å². The van der Waals surface area contributed by atoms with Crippen LogP contribution in [0, 0.1) is 0 Å². The molecule has 1 saturated heterocycles. The lowest BCUT2D eigenvalue weighted by molar-refractivity contribution is -0.132. The van der Waals surface area contributed by atoms with Gasteiger partial charge in [-0.15, -0.1) is 0 Å². The average Bonchev–Trinajstić information content (AvgIpc) is 3.15. The minimum atomic E-state index is -0.793. The molecule has 0 bridgehead atoms. The topological polar surface area (TPSA) is 83.0 Å². The van der Waals surface area contributed by atoms with E-state index in [1.165, 1.54) is 17.3 Å². The standard InChI is InChI=1S/C27H27N3O4/c1-4-29(5-2)20-8-10-21(11-9-20)30-24(18-6-12-22(34-3)13-7-18)23(26(32)27(30)33)25(31)19-14-16-28-17-15-19/h6-17,24,31H,4-5H2,1-3H3/b25-23+. The quantitative estimate of drug-likeness (QED) is 0.318. The van der Waals surface area contributed by atoms with Crippen LogP contribution >= 0.6 is 0 Å². The minimum Gasteiger partial charge on any atom is -0.507 e. The van der Waals surface area contributed by atoms with Gasteiger partial charge >= 0.3 is 0 Å². The number of hydrogen-bond acceptors (Lipinski definition) is 6. The maximum atomic E-state index is 13.3. The number of Topliss-reactive ketones (excluding diaryl/α,β-unsaturated/α-hetero) is 1. The molecule has 7 heteroatoms. The summed E-state index contributed by atoms with van der Waals surface area (Å²) in [6.45, 7) is 5.88. The van der Waals surface area contributed by atoms with E-state index < -0.39 is 17.7 Å². The summed E-state index contributed by atoms with van der Waals surface area (Å²) in [4.78, 5) is 34.1. The molecule has 174 valence electrons. The Morgan fingerprint density at radius 2 is 1.59 bits per heavy atom. The van der Waals surface area contributed by atoms with Gasteiger partial charge in [-0.25, -0.2) is 0 Å². The molecule has 1 atom stereocenters. The van der Waals surface area contributed by atoms with Crippen LogP contribution in [0.3, 0.4) is 0 Å². The smallest absolute Gasteiger partial charge is 0.300 e. The third-order valence-corrected chi connectivity index (χ3v) is 6.09. The molecular weight excluding hydrogens is 430 g/mol. The number of hydrogen-bond donors (Lipinski definition) is 1. The van der Waals surface area contributed by atoms with Crippen molar-refractivity contribution in [3.8, 4) is 5.75 Å². The number of aliphatic hydroxyl groups is 1. The molecule has 0 spiro atoms. The number of methoxy groups -OCH3 is 1. The SMILES string of the molecule is CCN(CC)c1ccc(N2C(=O)C(=O)/C(=C(/O)c3ccncc3)C2c2ccc(OC)cc2)cc1. The first-order chi connectivity index (χ1) is 16.5. The van der Waals surface area contributed by atoms with Crippen molar-refractivity contribution in [3.63, 3.8) is 0 Å². The van der Waals surface area contributed by atoms with Gasteiger partial charge in [0.1, 0.15) is 11.5 Å². The number of carbonyl (C=O) groups excluding carboxylic acids is 2. The van der Waals surface area contributed by atoms with Crippen LogP contribution in [0.25, 0.3) is 5.76 Å². The molecule has 0 aliphatic carbocycles. The molecule has 1 unspecified atom stereocenters. The molecule has 2 heterocycles. The summed E-state index contributed by atoms with van der Waals surface area (Å²) in [5, 5.41) is 11.1. The molecule has 1 aliphatic heterocycles. The van der Waals surface area contributed by atoms with Gasteiger partial charge in [-0.05, 0) is 67.9 Å². The van der Waals surface area contributed by atoms with Crippen LogP contribution in [0.4, 0.5) is 11.4 Å². The van der Waals surface area contributed by atoms with Gasteiger partial charge in [0.05, 0.1) is 18.7 Å². The molecule has 3 aromatic rings. The first-order valence-corrected chi connectivity index (χ1v) is 11.2. The predicted molar refractivity (Wildman–Crippen MR) is 132 cm³/mol. The summed E-state index contributed by atoms with van der Waals surface area (Å²) >= 11 is 0. The molecular formula is C27H27N3O4. The Labute approximate surface area is 198 Å². The van der Waals surface area contributed by atoms with Crippen LogP contribution in [0.5, 0.6) is 5.75 Å². The van der Waals surface area contributed by atoms with E-state index in [0.717, 1.165) is 18.8 Å². The number of ketones is 1. The maximum absolute atomic E-state index is 13.3. The Morgan fingerprint density at radius 1 is 0.971 bits per heavy atom. The molecule has 1 N–H and O–H groups in total. The number of ether oxygens (including phenoxy) is 1. The number of amides is 1. The number of benzene rings is 2. The number of nitrogens with zero attached hydrogens (tertiary/aromatic N) is 3. The number of aliphatic hydroxyl groups excluding tert-OH is 1. The Morgan fingerprint density at radius 3 is 2.15 bits per heavy atom. The molecule has 0 radical (unpaired) electrons. The maximum Gasteiger partial charge on any atom is 0.300 e. The number of anilines is 2. The molecule has 1 aromatic heterocycles. The second-order valence-electron chi connectivity index (χ2n) is 7.87. The van der Waals surface area contributed by atoms with Crippen molar-refractivity contribution >= 4 is 28.8 Å². The normalized spacial score (nSPS) is 17.1. The number of aromatic nitrogens is 1. The third-order valence-electron chi connectivity index (χ3n) is 6.09. The minimum absolute atomic E-state index is 0.0363. The first kappa shape index (κ1) is 23.0. The van der Waals surface area contributed by atoms with Gasteiger partial charge in [-0.1, -0.05) is 12.1 Å². The van der Waals surface area contributed by atoms with E-state index in [1.54, 1.807) is 43.5 Å². The summed E-state index contributed by atoms with van der Waals surface area (Å²) in [5.74, 6) is -1.00. The Hall–Kier alpha value is -4.13. The second-order valence-corrected chi connectivity index (χ2v) is 7.87. The lowest BCUT2D eigenvalue weighted by Crippen LogP contribution is -2.29. The summed E-state index contributed by atoms with van der Waals surface area (Å²) < 4.78 is 5.27. The van der Waals surface area contributed by atoms with Gasteiger partial charge in [0, 0.05) is 42.4 Å². The van der Waals surface area contributed by atoms with E-state index in [9.17, 15) is 14.7 Å². The predicted octanol–water partition coefficient (Wildman–Crippen LogP) is 4.56. The van der Waals surface area contributed by atoms with Crippen LogP contribution < -0.4 is 14.5 Å². The van der Waals surface area contributed by atoms with Crippen LogP contribution in [-0.2, 0) is 9.59 Å². The van der Waals surface area contributed by atoms with Gasteiger partial charge < -0.3 is 14.7 Å². The van der Waals surface area contributed by atoms with Crippen molar-refractivity contribution in [2.24, 2.45) is 0 Å². The van der Waals surface area contributed by atoms with Crippen molar-refractivity contribution in [1.29, 1.82) is 0 Å². The number of pyridine rings is 1. The zero-order chi connectivity index (χ0) is 24.2. The van der Waals surface area contributed by atoms with Crippen LogP contribution in [-0.4, -0.2) is 42.0 Å². The molecule has 1 fully saturated rings. The third kappa shape index (κ3) is 4.12. The zero-order valence-electron chi connectivity index (χ0n) is 19.4. The first-order valence-electron chi connectivity index (χ1n) is 11.2. The Kier molecular flexibility index (Phi) is 6.63. The largest absolute Gasteiger partial charge is 0.507 e. The summed E-state index contributed by atoms with van der Waals surface area (Å²) in [6, 6.07) is 17.1. The fraction of sp³-hybridized carbons (Fsp3) is 0.222. The molecule has 1 amide bonds. The van der Waals surface area contributed by atoms with E-state index in [4.69, 9.17) is 4.74 Å². The van der Waals surface area contributed by atoms with Crippen molar-refractivity contribution in [2.75, 3.05) is 30.0 Å². The molecule has 4 rings (SSSR count). The van der Waals surface area contributed by atoms with Gasteiger partial charge in [0.25, 0.3) is 11.7 Å². The zero-order valence-corrected chi connectivity index (χ0v) is 19.4. The molecule has 7 nitrogen and oxygen atoms in total.